The van der Waals surface area contributed by atoms with Gasteiger partial charge in [-0.2, -0.15) is 0 Å². The van der Waals surface area contributed by atoms with E-state index in [9.17, 15) is 4.79 Å². The average Bonchev–Trinajstić information content (AvgIpc) is 2.37. The molecule has 0 atom stereocenters. The molecule has 1 saturated carbocycles. The summed E-state index contributed by atoms with van der Waals surface area (Å²) in [7, 11) is 5.37. The first-order valence-electron chi connectivity index (χ1n) is 6.62. The van der Waals surface area contributed by atoms with Crippen LogP contribution in [0, 0.1) is 0 Å². The SMILES string of the molecule is COCC1(NC(=O)Nc2cnc(N(C)C)nc2)CCC1. The van der Waals surface area contributed by atoms with Crippen molar-refractivity contribution in [3.8, 4) is 0 Å². The molecule has 2 N–H and O–H groups in total. The van der Waals surface area contributed by atoms with Crippen LogP contribution in [-0.4, -0.2) is 49.4 Å². The summed E-state index contributed by atoms with van der Waals surface area (Å²) in [6.07, 6.45) is 6.19. The predicted octanol–water partition coefficient (Wildman–Crippen LogP) is 1.23. The van der Waals surface area contributed by atoms with E-state index in [2.05, 4.69) is 20.6 Å². The zero-order valence-corrected chi connectivity index (χ0v) is 12.1. The van der Waals surface area contributed by atoms with Crippen molar-refractivity contribution in [2.75, 3.05) is 38.0 Å². The molecule has 1 aliphatic carbocycles. The number of hydrogen-bond acceptors (Lipinski definition) is 5. The summed E-state index contributed by atoms with van der Waals surface area (Å²) in [5, 5.41) is 5.72. The Labute approximate surface area is 118 Å². The van der Waals surface area contributed by atoms with E-state index in [-0.39, 0.29) is 11.6 Å². The van der Waals surface area contributed by atoms with Crippen LogP contribution >= 0.6 is 0 Å². The molecule has 1 aromatic heterocycles. The summed E-state index contributed by atoms with van der Waals surface area (Å²) in [5.74, 6) is 0.603. The van der Waals surface area contributed by atoms with Crippen molar-refractivity contribution < 1.29 is 9.53 Å². The molecule has 7 heteroatoms. The van der Waals surface area contributed by atoms with E-state index >= 15 is 0 Å². The van der Waals surface area contributed by atoms with Crippen LogP contribution in [0.25, 0.3) is 0 Å². The second-order valence-corrected chi connectivity index (χ2v) is 5.31. The van der Waals surface area contributed by atoms with Gasteiger partial charge in [0.1, 0.15) is 0 Å². The zero-order valence-electron chi connectivity index (χ0n) is 12.1. The number of nitrogens with zero attached hydrogens (tertiary/aromatic N) is 3. The number of aromatic nitrogens is 2. The molecule has 0 aliphatic heterocycles. The van der Waals surface area contributed by atoms with Gasteiger partial charge < -0.3 is 20.3 Å². The highest BCUT2D eigenvalue weighted by Gasteiger charge is 2.38. The van der Waals surface area contributed by atoms with Crippen LogP contribution in [-0.2, 0) is 4.74 Å². The first-order valence-corrected chi connectivity index (χ1v) is 6.62. The second-order valence-electron chi connectivity index (χ2n) is 5.31. The molecule has 2 amide bonds. The van der Waals surface area contributed by atoms with E-state index in [1.54, 1.807) is 24.4 Å². The number of carbonyl (C=O) groups is 1. The highest BCUT2D eigenvalue weighted by atomic mass is 16.5. The molecule has 7 nitrogen and oxygen atoms in total. The standard InChI is InChI=1S/C13H21N5O2/c1-18(2)11-14-7-10(8-15-11)16-12(19)17-13(9-20-3)5-4-6-13/h7-8H,4-6,9H2,1-3H3,(H2,16,17,19). The van der Waals surface area contributed by atoms with Crippen molar-refractivity contribution in [2.45, 2.75) is 24.8 Å². The van der Waals surface area contributed by atoms with Crippen LogP contribution < -0.4 is 15.5 Å². The van der Waals surface area contributed by atoms with E-state index in [1.165, 1.54) is 0 Å². The van der Waals surface area contributed by atoms with Gasteiger partial charge in [-0.05, 0) is 19.3 Å². The molecule has 0 saturated heterocycles. The molecule has 0 unspecified atom stereocenters. The third-order valence-corrected chi connectivity index (χ3v) is 3.41. The van der Waals surface area contributed by atoms with Crippen LogP contribution in [0.4, 0.5) is 16.4 Å². The minimum atomic E-state index is -0.247. The number of nitrogens with one attached hydrogen (secondary N) is 2. The predicted molar refractivity (Wildman–Crippen MR) is 77.0 cm³/mol. The van der Waals surface area contributed by atoms with Crippen LogP contribution in [0.2, 0.25) is 0 Å². The maximum absolute atomic E-state index is 12.0. The van der Waals surface area contributed by atoms with Gasteiger partial charge in [0.15, 0.2) is 0 Å². The van der Waals surface area contributed by atoms with Crippen LogP contribution in [0.1, 0.15) is 19.3 Å². The molecule has 0 radical (unpaired) electrons. The van der Waals surface area contributed by atoms with Gasteiger partial charge in [0.25, 0.3) is 0 Å². The molecule has 20 heavy (non-hydrogen) atoms. The first-order chi connectivity index (χ1) is 9.54. The van der Waals surface area contributed by atoms with Gasteiger partial charge in [-0.25, -0.2) is 14.8 Å². The van der Waals surface area contributed by atoms with Gasteiger partial charge in [0, 0.05) is 21.2 Å². The molecule has 110 valence electrons. The number of ether oxygens (including phenoxy) is 1. The maximum Gasteiger partial charge on any atom is 0.319 e. The number of rotatable bonds is 5. The number of amides is 2. The molecule has 1 aliphatic rings. The monoisotopic (exact) mass is 279 g/mol. The quantitative estimate of drug-likeness (QED) is 0.847. The smallest absolute Gasteiger partial charge is 0.319 e. The summed E-state index contributed by atoms with van der Waals surface area (Å²) >= 11 is 0. The molecule has 0 aromatic carbocycles. The largest absolute Gasteiger partial charge is 0.382 e. The fourth-order valence-electron chi connectivity index (χ4n) is 2.21. The van der Waals surface area contributed by atoms with E-state index < -0.39 is 0 Å². The van der Waals surface area contributed by atoms with Crippen molar-refractivity contribution in [3.05, 3.63) is 12.4 Å². The number of carbonyl (C=O) groups excluding carboxylic acids is 1. The van der Waals surface area contributed by atoms with Crippen molar-refractivity contribution in [2.24, 2.45) is 0 Å². The third kappa shape index (κ3) is 3.36. The number of urea groups is 1. The van der Waals surface area contributed by atoms with E-state index in [0.29, 0.717) is 18.2 Å². The molecule has 0 bridgehead atoms. The maximum atomic E-state index is 12.0. The van der Waals surface area contributed by atoms with Gasteiger partial charge in [0.2, 0.25) is 5.95 Å². The molecule has 2 rings (SSSR count). The molecular weight excluding hydrogens is 258 g/mol. The van der Waals surface area contributed by atoms with Crippen LogP contribution in [0.3, 0.4) is 0 Å². The van der Waals surface area contributed by atoms with Crippen molar-refractivity contribution in [1.82, 2.24) is 15.3 Å². The zero-order chi connectivity index (χ0) is 14.6. The molecule has 1 heterocycles. The Morgan fingerprint density at radius 3 is 2.50 bits per heavy atom. The summed E-state index contributed by atoms with van der Waals surface area (Å²) in [5.41, 5.74) is 0.350. The van der Waals surface area contributed by atoms with E-state index in [0.717, 1.165) is 19.3 Å². The second kappa shape index (κ2) is 6.04. The Morgan fingerprint density at radius 1 is 1.40 bits per heavy atom. The Morgan fingerprint density at radius 2 is 2.05 bits per heavy atom. The summed E-state index contributed by atoms with van der Waals surface area (Å²) < 4.78 is 5.17. The minimum absolute atomic E-state index is 0.219. The highest BCUT2D eigenvalue weighted by Crippen LogP contribution is 2.31. The summed E-state index contributed by atoms with van der Waals surface area (Å²) in [6.45, 7) is 0.538. The highest BCUT2D eigenvalue weighted by molar-refractivity contribution is 5.89. The first kappa shape index (κ1) is 14.5. The van der Waals surface area contributed by atoms with Gasteiger partial charge >= 0.3 is 6.03 Å². The lowest BCUT2D eigenvalue weighted by molar-refractivity contribution is 0.0648. The van der Waals surface area contributed by atoms with Gasteiger partial charge in [-0.1, -0.05) is 0 Å². The number of methoxy groups -OCH3 is 1. The van der Waals surface area contributed by atoms with Gasteiger partial charge in [-0.15, -0.1) is 0 Å². The number of anilines is 2. The summed E-state index contributed by atoms with van der Waals surface area (Å²) in [6, 6.07) is -0.247. The lowest BCUT2D eigenvalue weighted by atomic mass is 9.77. The van der Waals surface area contributed by atoms with Crippen LogP contribution in [0.5, 0.6) is 0 Å². The lowest BCUT2D eigenvalue weighted by Gasteiger charge is -2.41. The molecular formula is C13H21N5O2. The molecule has 1 aromatic rings. The van der Waals surface area contributed by atoms with Crippen molar-refractivity contribution in [3.63, 3.8) is 0 Å². The average molecular weight is 279 g/mol. The van der Waals surface area contributed by atoms with E-state index in [4.69, 9.17) is 4.74 Å². The van der Waals surface area contributed by atoms with E-state index in [1.807, 2.05) is 14.1 Å². The number of hydrogen-bond donors (Lipinski definition) is 2. The molecule has 1 fully saturated rings. The van der Waals surface area contributed by atoms with Crippen molar-refractivity contribution >= 4 is 17.7 Å². The fraction of sp³-hybridized carbons (Fsp3) is 0.615. The Hall–Kier alpha value is -1.89. The topological polar surface area (TPSA) is 79.4 Å². The fourth-order valence-corrected chi connectivity index (χ4v) is 2.21. The van der Waals surface area contributed by atoms with Gasteiger partial charge in [-0.3, -0.25) is 0 Å². The lowest BCUT2D eigenvalue weighted by Crippen LogP contribution is -2.57. The Kier molecular flexibility index (Phi) is 4.39. The third-order valence-electron chi connectivity index (χ3n) is 3.41. The normalized spacial score (nSPS) is 16.1. The molecule has 0 spiro atoms. The summed E-state index contributed by atoms with van der Waals surface area (Å²) in [4.78, 5) is 22.1. The van der Waals surface area contributed by atoms with Gasteiger partial charge in [0.05, 0.1) is 30.2 Å². The minimum Gasteiger partial charge on any atom is -0.382 e. The van der Waals surface area contributed by atoms with Crippen molar-refractivity contribution in [1.29, 1.82) is 0 Å². The Bertz CT molecular complexity index is 456. The van der Waals surface area contributed by atoms with Crippen LogP contribution in [0.15, 0.2) is 12.4 Å². The Balaban J connectivity index is 1.91.